The van der Waals surface area contributed by atoms with Gasteiger partial charge in [0.1, 0.15) is 0 Å². The summed E-state index contributed by atoms with van der Waals surface area (Å²) >= 11 is 0. The lowest BCUT2D eigenvalue weighted by Crippen LogP contribution is -2.51. The SMILES string of the molecule is CC1CC(C)C(C)N(CC(N)CO)C1. The lowest BCUT2D eigenvalue weighted by atomic mass is 9.86. The van der Waals surface area contributed by atoms with E-state index in [4.69, 9.17) is 10.8 Å². The van der Waals surface area contributed by atoms with Crippen LogP contribution in [-0.4, -0.2) is 41.8 Å². The Morgan fingerprint density at radius 2 is 2.07 bits per heavy atom. The molecule has 0 saturated carbocycles. The molecule has 4 unspecified atom stereocenters. The van der Waals surface area contributed by atoms with E-state index < -0.39 is 0 Å². The van der Waals surface area contributed by atoms with Gasteiger partial charge in [-0.2, -0.15) is 0 Å². The first-order chi connectivity index (χ1) is 6.54. The number of aliphatic hydroxyl groups excluding tert-OH is 1. The van der Waals surface area contributed by atoms with E-state index in [1.807, 2.05) is 0 Å². The van der Waals surface area contributed by atoms with E-state index >= 15 is 0 Å². The quantitative estimate of drug-likeness (QED) is 0.704. The fourth-order valence-electron chi connectivity index (χ4n) is 2.43. The largest absolute Gasteiger partial charge is 0.395 e. The molecule has 0 aromatic heterocycles. The van der Waals surface area contributed by atoms with Crippen LogP contribution in [0, 0.1) is 11.8 Å². The summed E-state index contributed by atoms with van der Waals surface area (Å²) in [4.78, 5) is 2.42. The van der Waals surface area contributed by atoms with Crippen molar-refractivity contribution in [2.75, 3.05) is 19.7 Å². The van der Waals surface area contributed by atoms with E-state index in [1.54, 1.807) is 0 Å². The number of piperidine rings is 1. The van der Waals surface area contributed by atoms with Crippen LogP contribution >= 0.6 is 0 Å². The standard InChI is InChI=1S/C11H24N2O/c1-8-4-9(2)10(3)13(5-8)6-11(12)7-14/h8-11,14H,4-7,12H2,1-3H3. The molecule has 3 nitrogen and oxygen atoms in total. The van der Waals surface area contributed by atoms with Crippen LogP contribution < -0.4 is 5.73 Å². The molecule has 0 spiro atoms. The van der Waals surface area contributed by atoms with E-state index in [2.05, 4.69) is 25.7 Å². The minimum absolute atomic E-state index is 0.0880. The number of rotatable bonds is 3. The number of aliphatic hydroxyl groups is 1. The first-order valence-electron chi connectivity index (χ1n) is 5.65. The van der Waals surface area contributed by atoms with Crippen molar-refractivity contribution >= 4 is 0 Å². The van der Waals surface area contributed by atoms with Crippen LogP contribution in [0.5, 0.6) is 0 Å². The van der Waals surface area contributed by atoms with Gasteiger partial charge >= 0.3 is 0 Å². The third-order valence-electron chi connectivity index (χ3n) is 3.42. The van der Waals surface area contributed by atoms with Crippen molar-refractivity contribution in [1.29, 1.82) is 0 Å². The van der Waals surface area contributed by atoms with Crippen molar-refractivity contribution in [2.45, 2.75) is 39.3 Å². The zero-order chi connectivity index (χ0) is 10.7. The Labute approximate surface area is 87.3 Å². The average Bonchev–Trinajstić information content (AvgIpc) is 2.13. The Morgan fingerprint density at radius 1 is 1.43 bits per heavy atom. The van der Waals surface area contributed by atoms with Crippen LogP contribution in [0.15, 0.2) is 0 Å². The van der Waals surface area contributed by atoms with Crippen LogP contribution in [0.2, 0.25) is 0 Å². The zero-order valence-corrected chi connectivity index (χ0v) is 9.61. The van der Waals surface area contributed by atoms with Crippen LogP contribution in [0.1, 0.15) is 27.2 Å². The van der Waals surface area contributed by atoms with E-state index in [1.165, 1.54) is 6.42 Å². The van der Waals surface area contributed by atoms with Crippen molar-refractivity contribution in [2.24, 2.45) is 17.6 Å². The maximum atomic E-state index is 8.93. The molecule has 0 bridgehead atoms. The highest BCUT2D eigenvalue weighted by Crippen LogP contribution is 2.26. The predicted molar refractivity (Wildman–Crippen MR) is 59.0 cm³/mol. The van der Waals surface area contributed by atoms with Gasteiger partial charge in [-0.1, -0.05) is 13.8 Å². The van der Waals surface area contributed by atoms with Gasteiger partial charge < -0.3 is 10.8 Å². The van der Waals surface area contributed by atoms with E-state index in [0.29, 0.717) is 6.04 Å². The topological polar surface area (TPSA) is 49.5 Å². The fourth-order valence-corrected chi connectivity index (χ4v) is 2.43. The number of nitrogens with two attached hydrogens (primary N) is 1. The number of hydrogen-bond donors (Lipinski definition) is 2. The highest BCUT2D eigenvalue weighted by atomic mass is 16.3. The van der Waals surface area contributed by atoms with Gasteiger partial charge in [-0.25, -0.2) is 0 Å². The Bertz CT molecular complexity index is 175. The summed E-state index contributed by atoms with van der Waals surface area (Å²) in [5.74, 6) is 1.50. The Hall–Kier alpha value is -0.120. The number of nitrogens with zero attached hydrogens (tertiary/aromatic N) is 1. The van der Waals surface area contributed by atoms with E-state index in [0.717, 1.165) is 24.9 Å². The first-order valence-corrected chi connectivity index (χ1v) is 5.65. The minimum atomic E-state index is -0.0880. The number of likely N-dealkylation sites (tertiary alicyclic amines) is 1. The van der Waals surface area contributed by atoms with Gasteiger partial charge in [-0.3, -0.25) is 4.90 Å². The molecule has 0 amide bonds. The maximum absolute atomic E-state index is 8.93. The summed E-state index contributed by atoms with van der Waals surface area (Å²) in [7, 11) is 0. The molecule has 1 rings (SSSR count). The van der Waals surface area contributed by atoms with Gasteiger partial charge in [-0.05, 0) is 25.2 Å². The van der Waals surface area contributed by atoms with Gasteiger partial charge in [0.05, 0.1) is 6.61 Å². The van der Waals surface area contributed by atoms with Gasteiger partial charge in [0.2, 0.25) is 0 Å². The second-order valence-corrected chi connectivity index (χ2v) is 4.96. The van der Waals surface area contributed by atoms with Crippen molar-refractivity contribution in [3.63, 3.8) is 0 Å². The maximum Gasteiger partial charge on any atom is 0.0595 e. The van der Waals surface area contributed by atoms with Crippen LogP contribution in [0.4, 0.5) is 0 Å². The summed E-state index contributed by atoms with van der Waals surface area (Å²) in [6.45, 7) is 8.90. The smallest absolute Gasteiger partial charge is 0.0595 e. The lowest BCUT2D eigenvalue weighted by Gasteiger charge is -2.42. The van der Waals surface area contributed by atoms with Crippen molar-refractivity contribution in [1.82, 2.24) is 4.90 Å². The van der Waals surface area contributed by atoms with Crippen LogP contribution in [-0.2, 0) is 0 Å². The fraction of sp³-hybridized carbons (Fsp3) is 1.00. The molecule has 4 atom stereocenters. The van der Waals surface area contributed by atoms with Crippen molar-refractivity contribution < 1.29 is 5.11 Å². The molecule has 1 aliphatic heterocycles. The van der Waals surface area contributed by atoms with Gasteiger partial charge in [0.25, 0.3) is 0 Å². The number of hydrogen-bond acceptors (Lipinski definition) is 3. The molecule has 14 heavy (non-hydrogen) atoms. The Morgan fingerprint density at radius 3 is 2.64 bits per heavy atom. The molecule has 1 heterocycles. The molecule has 3 N–H and O–H groups in total. The monoisotopic (exact) mass is 200 g/mol. The molecule has 1 fully saturated rings. The first kappa shape index (κ1) is 12.0. The second kappa shape index (κ2) is 5.10. The van der Waals surface area contributed by atoms with Gasteiger partial charge in [0.15, 0.2) is 0 Å². The van der Waals surface area contributed by atoms with Crippen molar-refractivity contribution in [3.05, 3.63) is 0 Å². The average molecular weight is 200 g/mol. The Balaban J connectivity index is 2.49. The molecule has 0 aliphatic carbocycles. The summed E-state index contributed by atoms with van der Waals surface area (Å²) in [5, 5.41) is 8.93. The molecule has 3 heteroatoms. The Kier molecular flexibility index (Phi) is 4.35. The molecule has 0 radical (unpaired) electrons. The third-order valence-corrected chi connectivity index (χ3v) is 3.42. The predicted octanol–water partition coefficient (Wildman–Crippen LogP) is 0.672. The van der Waals surface area contributed by atoms with Gasteiger partial charge in [0, 0.05) is 25.2 Å². The van der Waals surface area contributed by atoms with Gasteiger partial charge in [-0.15, -0.1) is 0 Å². The molecule has 1 aliphatic rings. The zero-order valence-electron chi connectivity index (χ0n) is 9.61. The molecule has 1 saturated heterocycles. The normalized spacial score (nSPS) is 37.1. The molecule has 0 aromatic carbocycles. The molecular weight excluding hydrogens is 176 g/mol. The van der Waals surface area contributed by atoms with E-state index in [9.17, 15) is 0 Å². The summed E-state index contributed by atoms with van der Waals surface area (Å²) < 4.78 is 0. The molecule has 84 valence electrons. The van der Waals surface area contributed by atoms with E-state index in [-0.39, 0.29) is 12.6 Å². The summed E-state index contributed by atoms with van der Waals surface area (Å²) in [5.41, 5.74) is 5.77. The minimum Gasteiger partial charge on any atom is -0.395 e. The summed E-state index contributed by atoms with van der Waals surface area (Å²) in [6, 6.07) is 0.513. The lowest BCUT2D eigenvalue weighted by molar-refractivity contribution is 0.0670. The summed E-state index contributed by atoms with van der Waals surface area (Å²) in [6.07, 6.45) is 1.31. The molecular formula is C11H24N2O. The van der Waals surface area contributed by atoms with Crippen LogP contribution in [0.3, 0.4) is 0 Å². The molecule has 0 aromatic rings. The third kappa shape index (κ3) is 2.94. The van der Waals surface area contributed by atoms with Crippen molar-refractivity contribution in [3.8, 4) is 0 Å². The van der Waals surface area contributed by atoms with Crippen LogP contribution in [0.25, 0.3) is 0 Å². The highest BCUT2D eigenvalue weighted by Gasteiger charge is 2.29. The second-order valence-electron chi connectivity index (χ2n) is 4.96. The highest BCUT2D eigenvalue weighted by molar-refractivity contribution is 4.83.